The number of rotatable bonds is 51. The number of aliphatic hydroxyl groups excluding tert-OH is 13. The van der Waals surface area contributed by atoms with Gasteiger partial charge in [-0.1, -0.05) is 193 Å². The Labute approximate surface area is 578 Å². The van der Waals surface area contributed by atoms with Crippen molar-refractivity contribution in [3.05, 3.63) is 12.2 Å². The summed E-state index contributed by atoms with van der Waals surface area (Å²) in [5.41, 5.74) is 0. The Bertz CT molecular complexity index is 2210. The lowest BCUT2D eigenvalue weighted by Gasteiger charge is -2.52. The molecule has 4 aliphatic heterocycles. The zero-order chi connectivity index (χ0) is 72.2. The fourth-order valence-corrected chi connectivity index (χ4v) is 13.2. The lowest BCUT2D eigenvalue weighted by Crippen LogP contribution is -2.72. The van der Waals surface area contributed by atoms with Crippen molar-refractivity contribution in [1.29, 1.82) is 0 Å². The largest absolute Gasteiger partial charge is 0.477 e. The molecule has 0 unspecified atom stereocenters. The highest BCUT2D eigenvalue weighted by Gasteiger charge is 2.61. The summed E-state index contributed by atoms with van der Waals surface area (Å²) in [4.78, 5) is 51.9. The minimum atomic E-state index is -3.28. The molecule has 0 aromatic carbocycles. The summed E-state index contributed by atoms with van der Waals surface area (Å²) >= 11 is 0. The van der Waals surface area contributed by atoms with Gasteiger partial charge in [0.05, 0.1) is 57.3 Å². The van der Waals surface area contributed by atoms with Gasteiger partial charge < -0.3 is 125 Å². The van der Waals surface area contributed by atoms with E-state index in [1.54, 1.807) is 6.08 Å². The first-order valence-electron chi connectivity index (χ1n) is 36.6. The number of nitrogens with one attached hydrogen (secondary N) is 3. The third-order valence-electron chi connectivity index (χ3n) is 19.0. The molecule has 572 valence electrons. The zero-order valence-corrected chi connectivity index (χ0v) is 58.5. The number of aliphatic hydroxyl groups is 13. The SMILES string of the molecule is CCCCCCCCCCCCC/C=C/[C@@H](O)[C@H](CO[C@@H]1O[C@H](CO)[C@@H](O[C@@H]2O[C@H](CO)[C@H](O[C@@H]3O[C@H](CO)[C@H](O)[C@H](O)[C@H]3NC(C)=O)[C@H](O[C@]3(C(=O)O)C[C@H](O)[C@@H](NC(C)=O)[C@H]([C@H](O)[C@H](O)CO)O3)[C@H]2O)[C@H](O)[C@H]1O)NC(=O)CCCCCCCCCCCCCCCCCCC. The van der Waals surface area contributed by atoms with E-state index in [2.05, 4.69) is 29.8 Å². The predicted molar refractivity (Wildman–Crippen MR) is 355 cm³/mol. The van der Waals surface area contributed by atoms with Crippen LogP contribution in [0.15, 0.2) is 12.2 Å². The molecule has 0 aromatic rings. The molecule has 23 atom stereocenters. The van der Waals surface area contributed by atoms with Crippen LogP contribution in [0, 0.1) is 0 Å². The minimum Gasteiger partial charge on any atom is -0.477 e. The number of unbranched alkanes of at least 4 members (excludes halogenated alkanes) is 27. The Hall–Kier alpha value is -3.22. The Morgan fingerprint density at radius 1 is 0.531 bits per heavy atom. The van der Waals surface area contributed by atoms with Crippen LogP contribution < -0.4 is 16.0 Å². The molecule has 0 radical (unpaired) electrons. The van der Waals surface area contributed by atoms with E-state index in [9.17, 15) is 90.7 Å². The van der Waals surface area contributed by atoms with Crippen LogP contribution in [0.3, 0.4) is 0 Å². The van der Waals surface area contributed by atoms with Crippen LogP contribution in [0.4, 0.5) is 0 Å². The van der Waals surface area contributed by atoms with Crippen molar-refractivity contribution < 1.29 is 129 Å². The lowest BCUT2D eigenvalue weighted by molar-refractivity contribution is -0.401. The molecule has 4 aliphatic rings. The second-order valence-corrected chi connectivity index (χ2v) is 27.2. The molecule has 4 fully saturated rings. The van der Waals surface area contributed by atoms with Crippen molar-refractivity contribution in [2.45, 2.75) is 367 Å². The van der Waals surface area contributed by atoms with E-state index >= 15 is 0 Å². The maximum Gasteiger partial charge on any atom is 0.364 e. The molecular weight excluding hydrogens is 1290 g/mol. The van der Waals surface area contributed by atoms with Crippen molar-refractivity contribution in [3.8, 4) is 0 Å². The average Bonchev–Trinajstić information content (AvgIpc) is 0.751. The lowest BCUT2D eigenvalue weighted by atomic mass is 9.88. The third kappa shape index (κ3) is 28.8. The molecule has 0 saturated carbocycles. The number of ether oxygens (including phenoxy) is 8. The summed E-state index contributed by atoms with van der Waals surface area (Å²) in [5.74, 6) is -7.36. The smallest absolute Gasteiger partial charge is 0.364 e. The molecule has 4 heterocycles. The molecule has 0 aromatic heterocycles. The van der Waals surface area contributed by atoms with Gasteiger partial charge in [-0.25, -0.2) is 4.79 Å². The summed E-state index contributed by atoms with van der Waals surface area (Å²) in [6.07, 6.45) is -1.88. The highest BCUT2D eigenvalue weighted by Crippen LogP contribution is 2.40. The van der Waals surface area contributed by atoms with Gasteiger partial charge in [-0.3, -0.25) is 14.4 Å². The maximum absolute atomic E-state index is 13.6. The van der Waals surface area contributed by atoms with Crippen molar-refractivity contribution in [1.82, 2.24) is 16.0 Å². The number of carbonyl (C=O) groups is 4. The number of hydrogen-bond donors (Lipinski definition) is 17. The second kappa shape index (κ2) is 47.9. The van der Waals surface area contributed by atoms with Crippen LogP contribution >= 0.6 is 0 Å². The van der Waals surface area contributed by atoms with Gasteiger partial charge in [-0.2, -0.15) is 0 Å². The number of carboxylic acids is 1. The van der Waals surface area contributed by atoms with Gasteiger partial charge >= 0.3 is 5.97 Å². The second-order valence-electron chi connectivity index (χ2n) is 27.2. The molecule has 29 heteroatoms. The van der Waals surface area contributed by atoms with Gasteiger partial charge in [-0.15, -0.1) is 0 Å². The summed E-state index contributed by atoms with van der Waals surface area (Å²) in [5, 5.41) is 163. The van der Waals surface area contributed by atoms with E-state index in [4.69, 9.17) is 37.9 Å². The monoisotopic (exact) mass is 1410 g/mol. The first kappa shape index (κ1) is 87.2. The topological polar surface area (TPSA) is 461 Å². The number of carboxylic acid groups (broad SMARTS) is 1. The number of carbonyl (C=O) groups excluding carboxylic acids is 3. The van der Waals surface area contributed by atoms with Crippen LogP contribution in [-0.2, 0) is 57.1 Å². The van der Waals surface area contributed by atoms with Crippen LogP contribution in [0.25, 0.3) is 0 Å². The molecule has 4 rings (SSSR count). The normalized spacial score (nSPS) is 31.9. The Balaban J connectivity index is 1.52. The van der Waals surface area contributed by atoms with Gasteiger partial charge in [0.2, 0.25) is 17.7 Å². The number of hydrogen-bond acceptors (Lipinski definition) is 25. The summed E-state index contributed by atoms with van der Waals surface area (Å²) in [6, 6.07) is -4.52. The molecule has 0 bridgehead atoms. The third-order valence-corrected chi connectivity index (χ3v) is 19.0. The number of aliphatic carboxylic acids is 1. The molecule has 3 amide bonds. The number of allylic oxidation sites excluding steroid dienone is 1. The Morgan fingerprint density at radius 2 is 0.990 bits per heavy atom. The fourth-order valence-electron chi connectivity index (χ4n) is 13.2. The highest BCUT2D eigenvalue weighted by atomic mass is 16.8. The molecule has 29 nitrogen and oxygen atoms in total. The van der Waals surface area contributed by atoms with Crippen molar-refractivity contribution in [2.24, 2.45) is 0 Å². The zero-order valence-electron chi connectivity index (χ0n) is 58.5. The fraction of sp³-hybridized carbons (Fsp3) is 0.913. The highest BCUT2D eigenvalue weighted by molar-refractivity contribution is 5.77. The molecular formula is C69H125N3O26. The Kier molecular flexibility index (Phi) is 42.6. The summed E-state index contributed by atoms with van der Waals surface area (Å²) < 4.78 is 47.9. The van der Waals surface area contributed by atoms with Crippen molar-refractivity contribution >= 4 is 23.7 Å². The summed E-state index contributed by atoms with van der Waals surface area (Å²) in [6.45, 7) is 1.74. The van der Waals surface area contributed by atoms with Crippen LogP contribution in [0.2, 0.25) is 0 Å². The van der Waals surface area contributed by atoms with E-state index in [0.29, 0.717) is 12.8 Å². The van der Waals surface area contributed by atoms with Gasteiger partial charge in [0.1, 0.15) is 91.5 Å². The standard InChI is InChI=1S/C69H125N3O26/c1-5-7-9-11-13-15-17-19-20-21-22-24-26-28-30-32-34-36-52(82)72-45(46(79)35-33-31-29-27-25-23-18-16-14-12-10-8-6-2)42-91-66-59(87)58(86)61(50(40-75)93-66)95-67-60(88)64(62(51(41-76)94-67)96-65-54(71-44(4)78)57(85)56(84)49(39-74)92-65)98-69(68(89)90)37-47(80)53(70-43(3)77)63(97-69)55(83)48(81)38-73/h33,35,45-51,53-67,73-76,79-81,83-88H,5-32,34,36-42H2,1-4H3,(H,70,77)(H,71,78)(H,72,82)(H,89,90)/b35-33+/t45-,46+,47-,48+,49+,50+,51+,53+,54+,55+,56-,57+,58+,59+,60+,61+,62-,63+,64+,65-,66+,67-,69-/m0/s1. The van der Waals surface area contributed by atoms with Crippen molar-refractivity contribution in [3.63, 3.8) is 0 Å². The van der Waals surface area contributed by atoms with Crippen LogP contribution in [0.5, 0.6) is 0 Å². The molecule has 17 N–H and O–H groups in total. The number of amides is 3. The van der Waals surface area contributed by atoms with Crippen molar-refractivity contribution in [2.75, 3.05) is 33.0 Å². The average molecular weight is 1410 g/mol. The van der Waals surface area contributed by atoms with Gasteiger partial charge in [-0.05, 0) is 19.3 Å². The van der Waals surface area contributed by atoms with E-state index in [1.165, 1.54) is 122 Å². The first-order chi connectivity index (χ1) is 47.0. The molecule has 4 saturated heterocycles. The minimum absolute atomic E-state index is 0.162. The first-order valence-corrected chi connectivity index (χ1v) is 36.6. The van der Waals surface area contributed by atoms with Gasteiger partial charge in [0.25, 0.3) is 5.79 Å². The van der Waals surface area contributed by atoms with E-state index < -0.39 is 198 Å². The van der Waals surface area contributed by atoms with Crippen LogP contribution in [-0.4, -0.2) is 269 Å². The van der Waals surface area contributed by atoms with Gasteiger partial charge in [0, 0.05) is 26.7 Å². The molecule has 0 aliphatic carbocycles. The molecule has 98 heavy (non-hydrogen) atoms. The Morgan fingerprint density at radius 3 is 1.48 bits per heavy atom. The van der Waals surface area contributed by atoms with E-state index in [-0.39, 0.29) is 12.3 Å². The predicted octanol–water partition coefficient (Wildman–Crippen LogP) is 1.91. The van der Waals surface area contributed by atoms with E-state index in [0.717, 1.165) is 65.2 Å². The molecule has 0 spiro atoms. The van der Waals surface area contributed by atoms with Crippen LogP contribution in [0.1, 0.15) is 227 Å². The quantitative estimate of drug-likeness (QED) is 0.0305. The van der Waals surface area contributed by atoms with Gasteiger partial charge in [0.15, 0.2) is 18.9 Å². The maximum atomic E-state index is 13.6. The summed E-state index contributed by atoms with van der Waals surface area (Å²) in [7, 11) is 0. The van der Waals surface area contributed by atoms with E-state index in [1.807, 2.05) is 6.08 Å².